The molecular weight excluding hydrogens is 468 g/mol. The molecular formula is C26H30N2O6S. The molecule has 1 aromatic heterocycles. The van der Waals surface area contributed by atoms with E-state index in [1.54, 1.807) is 24.0 Å². The molecule has 0 aliphatic carbocycles. The van der Waals surface area contributed by atoms with Gasteiger partial charge >= 0.3 is 5.97 Å². The summed E-state index contributed by atoms with van der Waals surface area (Å²) in [5.74, 6) is -0.665. The van der Waals surface area contributed by atoms with E-state index >= 15 is 0 Å². The van der Waals surface area contributed by atoms with Gasteiger partial charge in [0.15, 0.2) is 6.61 Å². The second-order valence-corrected chi connectivity index (χ2v) is 10.9. The summed E-state index contributed by atoms with van der Waals surface area (Å²) in [5, 5.41) is 0. The first-order valence-electron chi connectivity index (χ1n) is 11.1. The number of rotatable bonds is 9. The predicted octanol–water partition coefficient (Wildman–Crippen LogP) is 4.05. The number of hydrogen-bond donors (Lipinski definition) is 1. The van der Waals surface area contributed by atoms with Gasteiger partial charge in [0.05, 0.1) is 23.3 Å². The van der Waals surface area contributed by atoms with Crippen LogP contribution in [0.1, 0.15) is 48.0 Å². The molecule has 0 aliphatic heterocycles. The van der Waals surface area contributed by atoms with Crippen molar-refractivity contribution in [1.82, 2.24) is 9.62 Å². The zero-order valence-electron chi connectivity index (χ0n) is 20.3. The molecule has 0 saturated carbocycles. The number of nitrogens with zero attached hydrogens (tertiary/aromatic N) is 1. The fourth-order valence-corrected chi connectivity index (χ4v) is 4.42. The van der Waals surface area contributed by atoms with E-state index in [1.807, 2.05) is 51.1 Å². The topological polar surface area (TPSA) is 106 Å². The van der Waals surface area contributed by atoms with Gasteiger partial charge in [-0.15, -0.1) is 0 Å². The Morgan fingerprint density at radius 2 is 1.74 bits per heavy atom. The zero-order valence-corrected chi connectivity index (χ0v) is 21.1. The fraction of sp³-hybridized carbons (Fsp3) is 0.308. The molecule has 3 rings (SSSR count). The monoisotopic (exact) mass is 498 g/mol. The van der Waals surface area contributed by atoms with Crippen LogP contribution in [0, 0.1) is 6.92 Å². The van der Waals surface area contributed by atoms with Crippen molar-refractivity contribution in [3.63, 3.8) is 0 Å². The molecule has 8 nitrogen and oxygen atoms in total. The third-order valence-electron chi connectivity index (χ3n) is 5.38. The average Bonchev–Trinajstić information content (AvgIpc) is 3.33. The summed E-state index contributed by atoms with van der Waals surface area (Å²) in [4.78, 5) is 27.3. The zero-order chi connectivity index (χ0) is 25.6. The van der Waals surface area contributed by atoms with Crippen LogP contribution < -0.4 is 4.72 Å². The molecule has 2 aromatic carbocycles. The van der Waals surface area contributed by atoms with Gasteiger partial charge in [-0.25, -0.2) is 17.9 Å². The number of amides is 1. The molecule has 0 bridgehead atoms. The first-order valence-corrected chi connectivity index (χ1v) is 12.6. The summed E-state index contributed by atoms with van der Waals surface area (Å²) in [6.45, 7) is 7.27. The van der Waals surface area contributed by atoms with Crippen LogP contribution in [0.15, 0.2) is 76.2 Å². The number of aryl methyl sites for hydroxylation is 1. The van der Waals surface area contributed by atoms with Crippen molar-refractivity contribution in [2.45, 2.75) is 51.2 Å². The number of furan rings is 1. The van der Waals surface area contributed by atoms with Crippen LogP contribution in [0.3, 0.4) is 0 Å². The molecule has 1 amide bonds. The van der Waals surface area contributed by atoms with E-state index in [0.717, 1.165) is 5.56 Å². The Morgan fingerprint density at radius 1 is 1.03 bits per heavy atom. The fourth-order valence-electron chi connectivity index (χ4n) is 3.40. The summed E-state index contributed by atoms with van der Waals surface area (Å²) < 4.78 is 38.3. The van der Waals surface area contributed by atoms with Gasteiger partial charge in [-0.05, 0) is 63.1 Å². The summed E-state index contributed by atoms with van der Waals surface area (Å²) in [6, 6.07) is 17.0. The maximum Gasteiger partial charge on any atom is 0.338 e. The van der Waals surface area contributed by atoms with E-state index in [9.17, 15) is 18.0 Å². The minimum Gasteiger partial charge on any atom is -0.468 e. The Balaban J connectivity index is 1.70. The molecule has 0 unspecified atom stereocenters. The number of esters is 1. The average molecular weight is 499 g/mol. The van der Waals surface area contributed by atoms with Gasteiger partial charge in [0, 0.05) is 12.1 Å². The first-order chi connectivity index (χ1) is 16.5. The van der Waals surface area contributed by atoms with E-state index in [0.29, 0.717) is 17.9 Å². The van der Waals surface area contributed by atoms with Crippen LogP contribution in [-0.4, -0.2) is 37.3 Å². The Hall–Kier alpha value is -3.43. The van der Waals surface area contributed by atoms with E-state index in [2.05, 4.69) is 4.72 Å². The largest absolute Gasteiger partial charge is 0.468 e. The normalized spacial score (nSPS) is 11.8. The van der Waals surface area contributed by atoms with Crippen LogP contribution in [-0.2, 0) is 32.6 Å². The van der Waals surface area contributed by atoms with Crippen molar-refractivity contribution in [2.24, 2.45) is 0 Å². The Bertz CT molecular complexity index is 1260. The molecule has 0 radical (unpaired) electrons. The third kappa shape index (κ3) is 7.03. The quantitative estimate of drug-likeness (QED) is 0.446. The number of benzene rings is 2. The Morgan fingerprint density at radius 3 is 2.37 bits per heavy atom. The van der Waals surface area contributed by atoms with E-state index in [4.69, 9.17) is 9.15 Å². The summed E-state index contributed by atoms with van der Waals surface area (Å²) >= 11 is 0. The van der Waals surface area contributed by atoms with Crippen LogP contribution in [0.25, 0.3) is 0 Å². The van der Waals surface area contributed by atoms with E-state index in [-0.39, 0.29) is 22.9 Å². The number of carbonyl (C=O) groups is 2. The molecule has 186 valence electrons. The van der Waals surface area contributed by atoms with Gasteiger partial charge in [0.1, 0.15) is 5.76 Å². The molecule has 0 atom stereocenters. The van der Waals surface area contributed by atoms with Gasteiger partial charge in [0.25, 0.3) is 5.91 Å². The summed E-state index contributed by atoms with van der Waals surface area (Å²) in [5.41, 5.74) is 1.06. The van der Waals surface area contributed by atoms with Crippen molar-refractivity contribution < 1.29 is 27.2 Å². The predicted molar refractivity (Wildman–Crippen MR) is 131 cm³/mol. The summed E-state index contributed by atoms with van der Waals surface area (Å²) in [6.07, 6.45) is 1.45. The molecule has 3 aromatic rings. The van der Waals surface area contributed by atoms with Crippen molar-refractivity contribution in [1.29, 1.82) is 0 Å². The molecule has 1 N–H and O–H groups in total. The lowest BCUT2D eigenvalue weighted by atomic mass is 10.0. The van der Waals surface area contributed by atoms with Gasteiger partial charge in [-0.2, -0.15) is 0 Å². The second kappa shape index (κ2) is 10.9. The number of nitrogens with one attached hydrogen (secondary N) is 1. The Kier molecular flexibility index (Phi) is 8.14. The van der Waals surface area contributed by atoms with Crippen LogP contribution >= 0.6 is 0 Å². The van der Waals surface area contributed by atoms with Crippen LogP contribution in [0.2, 0.25) is 0 Å². The minimum absolute atomic E-state index is 0.0262. The van der Waals surface area contributed by atoms with Crippen LogP contribution in [0.5, 0.6) is 0 Å². The number of ether oxygens (including phenoxy) is 1. The molecule has 0 aliphatic rings. The number of sulfonamides is 1. The molecule has 1 heterocycles. The lowest BCUT2D eigenvalue weighted by Gasteiger charge is -2.35. The van der Waals surface area contributed by atoms with Crippen LogP contribution in [0.4, 0.5) is 0 Å². The molecule has 0 spiro atoms. The van der Waals surface area contributed by atoms with Gasteiger partial charge < -0.3 is 14.1 Å². The maximum atomic E-state index is 13.0. The standard InChI is InChI=1S/C26H30N2O6S/c1-19-12-13-22(35(31,32)27-16-21-11-8-14-33-21)15-23(19)25(30)34-18-24(29)28(26(2,3)4)17-20-9-6-5-7-10-20/h5-15,27H,16-18H2,1-4H3. The highest BCUT2D eigenvalue weighted by Crippen LogP contribution is 2.20. The maximum absolute atomic E-state index is 13.0. The van der Waals surface area contributed by atoms with Crippen molar-refractivity contribution >= 4 is 21.9 Å². The Labute approximate surface area is 205 Å². The second-order valence-electron chi connectivity index (χ2n) is 9.09. The highest BCUT2D eigenvalue weighted by Gasteiger charge is 2.28. The van der Waals surface area contributed by atoms with Crippen molar-refractivity contribution in [3.8, 4) is 0 Å². The van der Waals surface area contributed by atoms with Gasteiger partial charge in [0.2, 0.25) is 10.0 Å². The van der Waals surface area contributed by atoms with Crippen molar-refractivity contribution in [3.05, 3.63) is 89.4 Å². The molecule has 0 fully saturated rings. The molecule has 9 heteroatoms. The third-order valence-corrected chi connectivity index (χ3v) is 6.78. The van der Waals surface area contributed by atoms with E-state index < -0.39 is 28.1 Å². The minimum atomic E-state index is -3.90. The first kappa shape index (κ1) is 26.2. The van der Waals surface area contributed by atoms with Gasteiger partial charge in [-0.3, -0.25) is 4.79 Å². The van der Waals surface area contributed by atoms with Crippen molar-refractivity contribution in [2.75, 3.05) is 6.61 Å². The molecule has 0 saturated heterocycles. The highest BCUT2D eigenvalue weighted by molar-refractivity contribution is 7.89. The lowest BCUT2D eigenvalue weighted by molar-refractivity contribution is -0.140. The smallest absolute Gasteiger partial charge is 0.338 e. The number of carbonyl (C=O) groups excluding carboxylic acids is 2. The highest BCUT2D eigenvalue weighted by atomic mass is 32.2. The molecule has 35 heavy (non-hydrogen) atoms. The van der Waals surface area contributed by atoms with Gasteiger partial charge in [-0.1, -0.05) is 36.4 Å². The summed E-state index contributed by atoms with van der Waals surface area (Å²) in [7, 11) is -3.90. The lowest BCUT2D eigenvalue weighted by Crippen LogP contribution is -2.46. The number of hydrogen-bond acceptors (Lipinski definition) is 6. The SMILES string of the molecule is Cc1ccc(S(=O)(=O)NCc2ccco2)cc1C(=O)OCC(=O)N(Cc1ccccc1)C(C)(C)C. The van der Waals surface area contributed by atoms with E-state index in [1.165, 1.54) is 24.5 Å².